The van der Waals surface area contributed by atoms with Gasteiger partial charge in [-0.25, -0.2) is 9.78 Å². The second-order valence-corrected chi connectivity index (χ2v) is 6.30. The molecule has 0 atom stereocenters. The lowest BCUT2D eigenvalue weighted by atomic mass is 10.3. The Morgan fingerprint density at radius 3 is 2.15 bits per heavy atom. The minimum atomic E-state index is -9.68. The van der Waals surface area contributed by atoms with Crippen molar-refractivity contribution in [1.29, 1.82) is 0 Å². The van der Waals surface area contributed by atoms with Crippen molar-refractivity contribution < 1.29 is 24.2 Å². The second kappa shape index (κ2) is 3.72. The molecular weight excluding hydrogens is 305 g/mol. The fourth-order valence-corrected chi connectivity index (χ4v) is 2.01. The van der Waals surface area contributed by atoms with E-state index in [1.54, 1.807) is 0 Å². The van der Waals surface area contributed by atoms with Gasteiger partial charge in [-0.1, -0.05) is 19.4 Å². The number of hydrogen-bond donors (Lipinski definition) is 1. The van der Waals surface area contributed by atoms with E-state index in [0.29, 0.717) is 0 Å². The van der Waals surface area contributed by atoms with Gasteiger partial charge in [0.15, 0.2) is 0 Å². The normalized spacial score (nSPS) is 15.2. The van der Waals surface area contributed by atoms with E-state index in [1.165, 1.54) is 18.7 Å². The van der Waals surface area contributed by atoms with Crippen LogP contribution in [0.4, 0.5) is 29.9 Å². The monoisotopic (exact) mass is 313 g/mol. The highest BCUT2D eigenvalue weighted by Gasteiger charge is 2.65. The van der Waals surface area contributed by atoms with Crippen LogP contribution in [0.25, 0.3) is 0 Å². The molecule has 0 saturated heterocycles. The summed E-state index contributed by atoms with van der Waals surface area (Å²) in [4.78, 5) is 13.1. The molecular formula is C10H8F5N3OS. The Hall–Kier alpha value is -2.10. The molecule has 0 bridgehead atoms. The molecule has 110 valence electrons. The van der Waals surface area contributed by atoms with E-state index in [-0.39, 0.29) is 17.8 Å². The first-order chi connectivity index (χ1) is 8.95. The molecule has 0 unspecified atom stereocenters. The zero-order valence-electron chi connectivity index (χ0n) is 9.64. The zero-order chi connectivity index (χ0) is 15.1. The standard InChI is InChI=1S/C10H8F5N3OS/c11-20(12,13,14,15)9-3-1-8(2-4-9)17-10(19)18-6-5-16-7-18/h1-7H,(H,17,19). The number of amides is 1. The molecule has 0 aliphatic carbocycles. The fourth-order valence-electron chi connectivity index (χ4n) is 1.36. The Labute approximate surface area is 110 Å². The van der Waals surface area contributed by atoms with Gasteiger partial charge in [0.05, 0.1) is 0 Å². The van der Waals surface area contributed by atoms with Crippen LogP contribution >= 0.6 is 10.2 Å². The largest absolute Gasteiger partial charge is 0.331 e. The van der Waals surface area contributed by atoms with Gasteiger partial charge in [0.1, 0.15) is 11.2 Å². The number of benzene rings is 1. The average molecular weight is 313 g/mol. The molecule has 0 spiro atoms. The highest BCUT2D eigenvalue weighted by Crippen LogP contribution is 3.02. The van der Waals surface area contributed by atoms with Gasteiger partial charge in [0.2, 0.25) is 0 Å². The molecule has 2 aromatic rings. The molecule has 0 radical (unpaired) electrons. The number of rotatable bonds is 2. The van der Waals surface area contributed by atoms with E-state index in [0.717, 1.165) is 16.7 Å². The van der Waals surface area contributed by atoms with Gasteiger partial charge in [-0.05, 0) is 24.3 Å². The molecule has 4 nitrogen and oxygen atoms in total. The van der Waals surface area contributed by atoms with Crippen molar-refractivity contribution in [2.45, 2.75) is 4.90 Å². The van der Waals surface area contributed by atoms with Crippen LogP contribution in [0.3, 0.4) is 0 Å². The number of nitrogens with zero attached hydrogens (tertiary/aromatic N) is 2. The van der Waals surface area contributed by atoms with Crippen molar-refractivity contribution in [2.75, 3.05) is 5.32 Å². The Morgan fingerprint density at radius 2 is 1.70 bits per heavy atom. The molecule has 0 saturated carbocycles. The zero-order valence-corrected chi connectivity index (χ0v) is 10.5. The summed E-state index contributed by atoms with van der Waals surface area (Å²) < 4.78 is 63.4. The maximum Gasteiger partial charge on any atom is 0.331 e. The summed E-state index contributed by atoms with van der Waals surface area (Å²) in [6.07, 6.45) is 3.83. The molecule has 10 heteroatoms. The van der Waals surface area contributed by atoms with E-state index in [9.17, 15) is 24.2 Å². The summed E-state index contributed by atoms with van der Waals surface area (Å²) in [5, 5.41) is 2.23. The smallest absolute Gasteiger partial charge is 0.307 e. The summed E-state index contributed by atoms with van der Waals surface area (Å²) >= 11 is 0. The number of hydrogen-bond acceptors (Lipinski definition) is 2. The summed E-state index contributed by atoms with van der Waals surface area (Å²) in [5.41, 5.74) is -0.0469. The third-order valence-corrected chi connectivity index (χ3v) is 3.45. The van der Waals surface area contributed by atoms with Crippen LogP contribution < -0.4 is 5.32 Å². The summed E-state index contributed by atoms with van der Waals surface area (Å²) in [6, 6.07) is 1.28. The van der Waals surface area contributed by atoms with Crippen molar-refractivity contribution in [3.8, 4) is 0 Å². The van der Waals surface area contributed by atoms with Crippen LogP contribution in [0, 0.1) is 0 Å². The quantitative estimate of drug-likeness (QED) is 0.822. The van der Waals surface area contributed by atoms with Gasteiger partial charge in [0, 0.05) is 18.1 Å². The lowest BCUT2D eigenvalue weighted by Gasteiger charge is -2.40. The molecule has 2 rings (SSSR count). The Bertz CT molecular complexity index is 636. The van der Waals surface area contributed by atoms with Crippen LogP contribution in [-0.2, 0) is 0 Å². The van der Waals surface area contributed by atoms with Crippen molar-refractivity contribution >= 4 is 21.9 Å². The number of aromatic nitrogens is 2. The van der Waals surface area contributed by atoms with Crippen LogP contribution in [-0.4, -0.2) is 15.6 Å². The number of carbonyl (C=O) groups excluding carboxylic acids is 1. The predicted octanol–water partition coefficient (Wildman–Crippen LogP) is 4.62. The topological polar surface area (TPSA) is 46.9 Å². The van der Waals surface area contributed by atoms with Crippen molar-refractivity contribution in [3.05, 3.63) is 43.0 Å². The molecule has 1 heterocycles. The van der Waals surface area contributed by atoms with Gasteiger partial charge in [-0.2, -0.15) is 0 Å². The second-order valence-electron chi connectivity index (χ2n) is 3.89. The molecule has 0 aliphatic rings. The Balaban J connectivity index is 2.20. The number of imidazole rings is 1. The maximum atomic E-state index is 12.5. The molecule has 20 heavy (non-hydrogen) atoms. The molecule has 1 N–H and O–H groups in total. The van der Waals surface area contributed by atoms with Gasteiger partial charge >= 0.3 is 16.3 Å². The van der Waals surface area contributed by atoms with Gasteiger partial charge < -0.3 is 5.32 Å². The highest BCUT2D eigenvalue weighted by atomic mass is 32.5. The highest BCUT2D eigenvalue weighted by molar-refractivity contribution is 8.45. The fraction of sp³-hybridized carbons (Fsp3) is 0. The maximum absolute atomic E-state index is 12.5. The van der Waals surface area contributed by atoms with E-state index in [4.69, 9.17) is 0 Å². The van der Waals surface area contributed by atoms with Crippen molar-refractivity contribution in [2.24, 2.45) is 0 Å². The van der Waals surface area contributed by atoms with Gasteiger partial charge in [-0.3, -0.25) is 4.57 Å². The molecule has 0 fully saturated rings. The Morgan fingerprint density at radius 1 is 1.10 bits per heavy atom. The van der Waals surface area contributed by atoms with Crippen molar-refractivity contribution in [1.82, 2.24) is 9.55 Å². The first kappa shape index (κ1) is 14.3. The van der Waals surface area contributed by atoms with Crippen LogP contribution in [0.1, 0.15) is 0 Å². The average Bonchev–Trinajstić information content (AvgIpc) is 2.79. The SMILES string of the molecule is O=C(Nc1ccc(S(F)(F)(F)(F)F)cc1)n1ccnc1. The van der Waals surface area contributed by atoms with Crippen molar-refractivity contribution in [3.63, 3.8) is 0 Å². The number of halogens is 5. The summed E-state index contributed by atoms with van der Waals surface area (Å²) in [6.45, 7) is 0. The van der Waals surface area contributed by atoms with E-state index < -0.39 is 21.2 Å². The summed E-state index contributed by atoms with van der Waals surface area (Å²) in [7, 11) is -9.68. The summed E-state index contributed by atoms with van der Waals surface area (Å²) in [5.74, 6) is 0. The number of carbonyl (C=O) groups is 1. The molecule has 1 amide bonds. The van der Waals surface area contributed by atoms with Gasteiger partial charge in [0.25, 0.3) is 0 Å². The predicted molar refractivity (Wildman–Crippen MR) is 64.5 cm³/mol. The third-order valence-electron chi connectivity index (χ3n) is 2.29. The first-order valence-corrected chi connectivity index (χ1v) is 7.04. The number of anilines is 1. The van der Waals surface area contributed by atoms with Crippen LogP contribution in [0.2, 0.25) is 0 Å². The minimum Gasteiger partial charge on any atom is -0.307 e. The lowest BCUT2D eigenvalue weighted by molar-refractivity contribution is 0.253. The number of nitrogens with one attached hydrogen (secondary N) is 1. The third kappa shape index (κ3) is 3.26. The minimum absolute atomic E-state index is 0.0469. The first-order valence-electron chi connectivity index (χ1n) is 5.09. The van der Waals surface area contributed by atoms with Crippen LogP contribution in [0.15, 0.2) is 47.9 Å². The molecule has 1 aromatic heterocycles. The molecule has 0 aliphatic heterocycles. The lowest BCUT2D eigenvalue weighted by Crippen LogP contribution is -2.17. The van der Waals surface area contributed by atoms with Crippen LogP contribution in [0.5, 0.6) is 0 Å². The Kier molecular flexibility index (Phi) is 2.66. The van der Waals surface area contributed by atoms with E-state index in [2.05, 4.69) is 10.3 Å². The van der Waals surface area contributed by atoms with Gasteiger partial charge in [-0.15, -0.1) is 0 Å². The van der Waals surface area contributed by atoms with E-state index in [1.807, 2.05) is 0 Å². The van der Waals surface area contributed by atoms with E-state index >= 15 is 0 Å². The molecule has 1 aromatic carbocycles.